The van der Waals surface area contributed by atoms with Gasteiger partial charge in [-0.2, -0.15) is 0 Å². The molecule has 0 N–H and O–H groups in total. The Morgan fingerprint density at radius 1 is 0.361 bits per heavy atom. The van der Waals surface area contributed by atoms with Gasteiger partial charge in [0, 0.05) is 33.1 Å². The number of hydrogen-bond acceptors (Lipinski definition) is 4. The highest BCUT2D eigenvalue weighted by Gasteiger charge is 2.48. The van der Waals surface area contributed by atoms with Gasteiger partial charge in [-0.1, -0.05) is 163 Å². The topological polar surface area (TPSA) is 35.9 Å². The Balaban J connectivity index is 1.15. The van der Waals surface area contributed by atoms with Gasteiger partial charge in [0.15, 0.2) is 17.2 Å². The second-order valence-electron chi connectivity index (χ2n) is 15.9. The lowest BCUT2D eigenvalue weighted by atomic mass is 9.31. The van der Waals surface area contributed by atoms with Crippen LogP contribution in [0.3, 0.4) is 0 Å². The zero-order chi connectivity index (χ0) is 40.0. The van der Waals surface area contributed by atoms with Crippen molar-refractivity contribution in [2.75, 3.05) is 4.90 Å². The fraction of sp³-hybridized carbons (Fsp3) is 0. The molecule has 3 aliphatic heterocycles. The molecule has 7 heteroatoms. The van der Waals surface area contributed by atoms with E-state index in [4.69, 9.17) is 14.2 Å². The van der Waals surface area contributed by atoms with Gasteiger partial charge in [-0.05, 0) is 65.5 Å². The molecule has 0 saturated carbocycles. The van der Waals surface area contributed by atoms with Crippen LogP contribution < -0.4 is 51.9 Å². The van der Waals surface area contributed by atoms with Crippen LogP contribution in [0.25, 0.3) is 27.5 Å². The first kappa shape index (κ1) is 34.0. The van der Waals surface area contributed by atoms with Crippen LogP contribution in [0.2, 0.25) is 0 Å². The first-order valence-electron chi connectivity index (χ1n) is 20.8. The maximum atomic E-state index is 7.30. The van der Waals surface area contributed by atoms with Gasteiger partial charge in [0.1, 0.15) is 22.9 Å². The van der Waals surface area contributed by atoms with E-state index >= 15 is 0 Å². The van der Waals surface area contributed by atoms with Crippen molar-refractivity contribution < 1.29 is 14.2 Å². The summed E-state index contributed by atoms with van der Waals surface area (Å²) in [4.78, 5) is 2.35. The van der Waals surface area contributed by atoms with E-state index in [1.165, 1.54) is 10.8 Å². The Kier molecular flexibility index (Phi) is 7.43. The summed E-state index contributed by atoms with van der Waals surface area (Å²) in [6.45, 7) is -0.408. The second kappa shape index (κ2) is 13.3. The lowest BCUT2D eigenvalue weighted by Crippen LogP contribution is -2.61. The first-order chi connectivity index (χ1) is 30.3. The Labute approximate surface area is 353 Å². The largest absolute Gasteiger partial charge is 0.459 e. The molecule has 61 heavy (non-hydrogen) atoms. The van der Waals surface area contributed by atoms with E-state index in [0.717, 1.165) is 89.6 Å². The average molecular weight is 781 g/mol. The van der Waals surface area contributed by atoms with Gasteiger partial charge < -0.3 is 23.7 Å². The second-order valence-corrected chi connectivity index (χ2v) is 15.9. The van der Waals surface area contributed by atoms with Crippen molar-refractivity contribution in [2.24, 2.45) is 0 Å². The van der Waals surface area contributed by atoms with E-state index in [9.17, 15) is 0 Å². The average Bonchev–Trinajstić information content (AvgIpc) is 3.67. The van der Waals surface area contributed by atoms with Crippen LogP contribution in [0.15, 0.2) is 206 Å². The van der Waals surface area contributed by atoms with Gasteiger partial charge >= 0.3 is 0 Å². The molecule has 9 aromatic carbocycles. The summed E-state index contributed by atoms with van der Waals surface area (Å²) in [5.74, 6) is 4.57. The molecule has 284 valence electrons. The minimum atomic E-state index is -0.204. The molecule has 0 aliphatic carbocycles. The van der Waals surface area contributed by atoms with Crippen LogP contribution in [0, 0.1) is 0 Å². The van der Waals surface area contributed by atoms with Crippen LogP contribution in [-0.4, -0.2) is 18.0 Å². The number of para-hydroxylation sites is 6. The monoisotopic (exact) mass is 780 g/mol. The number of anilines is 3. The quantitative estimate of drug-likeness (QED) is 0.167. The van der Waals surface area contributed by atoms with E-state index in [2.05, 4.69) is 204 Å². The summed E-state index contributed by atoms with van der Waals surface area (Å²) >= 11 is 0. The van der Waals surface area contributed by atoms with E-state index in [-0.39, 0.29) is 13.4 Å². The molecule has 13 rings (SSSR count). The molecular weight excluding hydrogens is 746 g/mol. The maximum Gasteiger partial charge on any atom is 0.255 e. The number of fused-ring (bicyclic) bond motifs is 12. The molecule has 4 heterocycles. The molecule has 0 bridgehead atoms. The number of aromatic nitrogens is 1. The zero-order valence-corrected chi connectivity index (χ0v) is 32.9. The number of ether oxygens (including phenoxy) is 3. The van der Waals surface area contributed by atoms with Crippen molar-refractivity contribution in [3.63, 3.8) is 0 Å². The van der Waals surface area contributed by atoms with Gasteiger partial charge in [0.2, 0.25) is 0 Å². The van der Waals surface area contributed by atoms with E-state index < -0.39 is 0 Å². The lowest BCUT2D eigenvalue weighted by Gasteiger charge is -2.41. The maximum absolute atomic E-state index is 7.30. The van der Waals surface area contributed by atoms with E-state index in [0.29, 0.717) is 11.5 Å². The summed E-state index contributed by atoms with van der Waals surface area (Å²) in [5.41, 5.74) is 12.5. The highest BCUT2D eigenvalue weighted by molar-refractivity contribution is 7.01. The Morgan fingerprint density at radius 2 is 0.820 bits per heavy atom. The van der Waals surface area contributed by atoms with E-state index in [1.54, 1.807) is 0 Å². The molecule has 10 aromatic rings. The minimum Gasteiger partial charge on any atom is -0.459 e. The highest BCUT2D eigenvalue weighted by Crippen LogP contribution is 2.56. The number of rotatable bonds is 4. The molecule has 0 radical (unpaired) electrons. The zero-order valence-electron chi connectivity index (χ0n) is 32.9. The number of benzene rings is 9. The van der Waals surface area contributed by atoms with Crippen molar-refractivity contribution in [1.82, 2.24) is 4.57 Å². The molecule has 0 unspecified atom stereocenters. The van der Waals surface area contributed by atoms with Gasteiger partial charge in [-0.3, -0.25) is 0 Å². The van der Waals surface area contributed by atoms with E-state index in [1.807, 2.05) is 12.1 Å². The van der Waals surface area contributed by atoms with Crippen LogP contribution in [0.1, 0.15) is 0 Å². The third kappa shape index (κ3) is 5.04. The van der Waals surface area contributed by atoms with Gasteiger partial charge in [0.05, 0.1) is 16.7 Å². The molecule has 3 aliphatic rings. The molecule has 0 fully saturated rings. The molecule has 5 nitrogen and oxygen atoms in total. The standard InChI is InChI=1S/C54H34B2N2O3/c1-3-18-35(19-4-1)55-41-26-9-14-31-46(41)59-52-49-53(60-47-32-15-10-27-42(47)56(49)36-20-5-2-6-21-36)51-54(50(52)55)61-48-33-16-13-30-45(48)58(51)38-23-17-22-37(34-38)57-43-28-11-7-24-39(43)40-25-8-12-29-44(40)57/h1-34H. The van der Waals surface area contributed by atoms with Crippen LogP contribution in [-0.2, 0) is 0 Å². The smallest absolute Gasteiger partial charge is 0.255 e. The predicted molar refractivity (Wildman–Crippen MR) is 251 cm³/mol. The lowest BCUT2D eigenvalue weighted by molar-refractivity contribution is 0.445. The Bertz CT molecular complexity index is 3250. The summed E-state index contributed by atoms with van der Waals surface area (Å²) < 4.78 is 24.2. The fourth-order valence-electron chi connectivity index (χ4n) is 10.1. The molecule has 0 atom stereocenters. The van der Waals surface area contributed by atoms with Crippen molar-refractivity contribution in [3.8, 4) is 40.2 Å². The first-order valence-corrected chi connectivity index (χ1v) is 20.8. The van der Waals surface area contributed by atoms with Crippen LogP contribution in [0.5, 0.6) is 34.5 Å². The normalized spacial score (nSPS) is 13.2. The number of hydrogen-bond donors (Lipinski definition) is 0. The highest BCUT2D eigenvalue weighted by atomic mass is 16.5. The molecular formula is C54H34B2N2O3. The molecule has 0 saturated heterocycles. The third-order valence-electron chi connectivity index (χ3n) is 12.6. The number of nitrogens with zero attached hydrogens (tertiary/aromatic N) is 2. The third-order valence-corrected chi connectivity index (χ3v) is 12.6. The van der Waals surface area contributed by atoms with Crippen molar-refractivity contribution in [2.45, 2.75) is 0 Å². The van der Waals surface area contributed by atoms with Crippen molar-refractivity contribution in [3.05, 3.63) is 206 Å². The van der Waals surface area contributed by atoms with Crippen molar-refractivity contribution >= 4 is 85.1 Å². The minimum absolute atomic E-state index is 0.204. The fourth-order valence-corrected chi connectivity index (χ4v) is 10.1. The SMILES string of the molecule is c1ccc(B2c3ccccc3Oc3c2c2c(c4c3N(c3cccc(-n5c6ccccc6c6ccccc65)c3)c3ccccc3O4)B(c3ccccc3)c3ccccc3O2)cc1. The van der Waals surface area contributed by atoms with Gasteiger partial charge in [0.25, 0.3) is 13.4 Å². The molecule has 0 amide bonds. The van der Waals surface area contributed by atoms with Gasteiger partial charge in [-0.15, -0.1) is 0 Å². The molecule has 0 spiro atoms. The predicted octanol–water partition coefficient (Wildman–Crippen LogP) is 9.60. The van der Waals surface area contributed by atoms with Crippen LogP contribution >= 0.6 is 0 Å². The van der Waals surface area contributed by atoms with Gasteiger partial charge in [-0.25, -0.2) is 0 Å². The Hall–Kier alpha value is -7.89. The van der Waals surface area contributed by atoms with Crippen LogP contribution in [0.4, 0.5) is 17.1 Å². The summed E-state index contributed by atoms with van der Waals surface area (Å²) in [6.07, 6.45) is 0. The van der Waals surface area contributed by atoms with Crippen molar-refractivity contribution in [1.29, 1.82) is 0 Å². The summed E-state index contributed by atoms with van der Waals surface area (Å²) in [7, 11) is 0. The summed E-state index contributed by atoms with van der Waals surface area (Å²) in [6, 6.07) is 72.8. The summed E-state index contributed by atoms with van der Waals surface area (Å²) in [5, 5.41) is 2.44. The molecule has 1 aromatic heterocycles. The Morgan fingerprint density at radius 3 is 1.43 bits per heavy atom.